The van der Waals surface area contributed by atoms with Crippen LogP contribution < -0.4 is 5.56 Å². The van der Waals surface area contributed by atoms with Crippen molar-refractivity contribution in [3.8, 4) is 5.69 Å². The molecular formula is C30H41N3O2. The summed E-state index contributed by atoms with van der Waals surface area (Å²) in [6.07, 6.45) is 10.6. The Bertz CT molecular complexity index is 1120. The molecule has 0 aliphatic heterocycles. The Morgan fingerprint density at radius 1 is 0.857 bits per heavy atom. The van der Waals surface area contributed by atoms with E-state index in [9.17, 15) is 9.59 Å². The fourth-order valence-corrected chi connectivity index (χ4v) is 4.66. The molecule has 35 heavy (non-hydrogen) atoms. The third-order valence-electron chi connectivity index (χ3n) is 6.72. The van der Waals surface area contributed by atoms with Crippen molar-refractivity contribution < 1.29 is 4.79 Å². The Morgan fingerprint density at radius 2 is 1.49 bits per heavy atom. The fourth-order valence-electron chi connectivity index (χ4n) is 4.66. The minimum Gasteiger partial charge on any atom is -0.333 e. The molecule has 0 saturated heterocycles. The van der Waals surface area contributed by atoms with E-state index >= 15 is 0 Å². The second-order valence-corrected chi connectivity index (χ2v) is 9.45. The molecule has 0 spiro atoms. The first-order valence-electron chi connectivity index (χ1n) is 13.4. The lowest BCUT2D eigenvalue weighted by Crippen LogP contribution is -2.38. The summed E-state index contributed by atoms with van der Waals surface area (Å²) in [7, 11) is 0. The molecule has 3 aromatic rings. The third-order valence-corrected chi connectivity index (χ3v) is 6.72. The van der Waals surface area contributed by atoms with Crippen LogP contribution in [0.2, 0.25) is 0 Å². The Kier molecular flexibility index (Phi) is 10.5. The van der Waals surface area contributed by atoms with Gasteiger partial charge in [-0.2, -0.15) is 0 Å². The van der Waals surface area contributed by atoms with Crippen molar-refractivity contribution >= 4 is 16.8 Å². The van der Waals surface area contributed by atoms with Crippen molar-refractivity contribution in [2.45, 2.75) is 91.0 Å². The van der Waals surface area contributed by atoms with E-state index in [2.05, 4.69) is 13.8 Å². The van der Waals surface area contributed by atoms with Gasteiger partial charge in [0.15, 0.2) is 0 Å². The van der Waals surface area contributed by atoms with Crippen molar-refractivity contribution in [3.63, 3.8) is 0 Å². The summed E-state index contributed by atoms with van der Waals surface area (Å²) in [4.78, 5) is 34.0. The Labute approximate surface area is 210 Å². The van der Waals surface area contributed by atoms with Crippen LogP contribution in [0.25, 0.3) is 16.6 Å². The second kappa shape index (κ2) is 13.8. The zero-order chi connectivity index (χ0) is 25.0. The van der Waals surface area contributed by atoms with Gasteiger partial charge in [0.05, 0.1) is 22.6 Å². The van der Waals surface area contributed by atoms with Crippen molar-refractivity contribution in [2.75, 3.05) is 6.54 Å². The monoisotopic (exact) mass is 475 g/mol. The number of carbonyl (C=O) groups excluding carboxylic acids is 1. The quantitative estimate of drug-likeness (QED) is 0.231. The number of para-hydroxylation sites is 2. The minimum atomic E-state index is -0.308. The smallest absolute Gasteiger partial charge is 0.266 e. The van der Waals surface area contributed by atoms with E-state index in [1.807, 2.05) is 66.4 Å². The Balaban J connectivity index is 1.94. The lowest BCUT2D eigenvalue weighted by Gasteiger charge is -2.31. The number of fused-ring (bicyclic) bond motifs is 1. The van der Waals surface area contributed by atoms with Crippen LogP contribution >= 0.6 is 0 Å². The average Bonchev–Trinajstić information content (AvgIpc) is 2.88. The highest BCUT2D eigenvalue weighted by molar-refractivity contribution is 5.79. The van der Waals surface area contributed by atoms with Gasteiger partial charge in [0.25, 0.3) is 5.56 Å². The topological polar surface area (TPSA) is 55.2 Å². The van der Waals surface area contributed by atoms with Gasteiger partial charge in [-0.25, -0.2) is 4.98 Å². The van der Waals surface area contributed by atoms with Gasteiger partial charge >= 0.3 is 0 Å². The molecule has 0 aliphatic carbocycles. The molecule has 1 amide bonds. The van der Waals surface area contributed by atoms with E-state index < -0.39 is 0 Å². The lowest BCUT2D eigenvalue weighted by atomic mass is 10.1. The number of hydrogen-bond acceptors (Lipinski definition) is 3. The van der Waals surface area contributed by atoms with Crippen LogP contribution in [0.4, 0.5) is 0 Å². The van der Waals surface area contributed by atoms with Crippen LogP contribution in [0.5, 0.6) is 0 Å². The number of amides is 1. The molecule has 5 nitrogen and oxygen atoms in total. The Hall–Kier alpha value is -2.95. The number of carbonyl (C=O) groups is 1. The molecule has 2 aromatic carbocycles. The highest BCUT2D eigenvalue weighted by Gasteiger charge is 2.26. The molecule has 0 saturated carbocycles. The molecular weight excluding hydrogens is 434 g/mol. The van der Waals surface area contributed by atoms with Crippen LogP contribution in [0, 0.1) is 0 Å². The molecule has 1 unspecified atom stereocenters. The van der Waals surface area contributed by atoms with Gasteiger partial charge in [-0.05, 0) is 44.0 Å². The second-order valence-electron chi connectivity index (χ2n) is 9.45. The maximum atomic E-state index is 13.6. The molecule has 3 rings (SSSR count). The van der Waals surface area contributed by atoms with Crippen molar-refractivity contribution in [1.29, 1.82) is 0 Å². The van der Waals surface area contributed by atoms with E-state index in [-0.39, 0.29) is 17.5 Å². The van der Waals surface area contributed by atoms with Crippen LogP contribution in [0.3, 0.4) is 0 Å². The lowest BCUT2D eigenvalue weighted by molar-refractivity contribution is -0.133. The van der Waals surface area contributed by atoms with Gasteiger partial charge in [0.2, 0.25) is 5.91 Å². The van der Waals surface area contributed by atoms with E-state index in [0.29, 0.717) is 29.7 Å². The van der Waals surface area contributed by atoms with E-state index in [0.717, 1.165) is 37.8 Å². The summed E-state index contributed by atoms with van der Waals surface area (Å²) in [6.45, 7) is 7.08. The summed E-state index contributed by atoms with van der Waals surface area (Å²) in [6, 6.07) is 16.8. The molecule has 0 bridgehead atoms. The maximum Gasteiger partial charge on any atom is 0.266 e. The van der Waals surface area contributed by atoms with Crippen LogP contribution in [0.15, 0.2) is 59.4 Å². The molecule has 5 heteroatoms. The Morgan fingerprint density at radius 3 is 2.23 bits per heavy atom. The van der Waals surface area contributed by atoms with Gasteiger partial charge in [-0.1, -0.05) is 89.1 Å². The molecule has 0 radical (unpaired) electrons. The van der Waals surface area contributed by atoms with Crippen molar-refractivity contribution in [1.82, 2.24) is 14.5 Å². The number of unbranched alkanes of at least 4 members (excludes halogenated alkanes) is 7. The zero-order valence-corrected chi connectivity index (χ0v) is 21.7. The summed E-state index contributed by atoms with van der Waals surface area (Å²) in [5, 5.41) is 0.586. The molecule has 1 heterocycles. The summed E-state index contributed by atoms with van der Waals surface area (Å²) in [5.74, 6) is 0.777. The summed E-state index contributed by atoms with van der Waals surface area (Å²) < 4.78 is 1.69. The normalized spacial score (nSPS) is 12.1. The maximum absolute atomic E-state index is 13.6. The largest absolute Gasteiger partial charge is 0.333 e. The van der Waals surface area contributed by atoms with Gasteiger partial charge < -0.3 is 4.90 Å². The first-order chi connectivity index (χ1) is 17.1. The van der Waals surface area contributed by atoms with Crippen LogP contribution in [-0.2, 0) is 4.79 Å². The van der Waals surface area contributed by atoms with Crippen LogP contribution in [-0.4, -0.2) is 26.9 Å². The van der Waals surface area contributed by atoms with Gasteiger partial charge in [0.1, 0.15) is 5.82 Å². The third kappa shape index (κ3) is 7.03. The number of rotatable bonds is 14. The first-order valence-corrected chi connectivity index (χ1v) is 13.4. The number of nitrogens with zero attached hydrogens (tertiary/aromatic N) is 3. The van der Waals surface area contributed by atoms with Gasteiger partial charge in [0, 0.05) is 13.0 Å². The molecule has 0 N–H and O–H groups in total. The minimum absolute atomic E-state index is 0.0967. The zero-order valence-electron chi connectivity index (χ0n) is 21.7. The number of hydrogen-bond donors (Lipinski definition) is 0. The highest BCUT2D eigenvalue weighted by atomic mass is 16.2. The fraction of sp³-hybridized carbons (Fsp3) is 0.500. The van der Waals surface area contributed by atoms with Gasteiger partial charge in [-0.15, -0.1) is 0 Å². The number of benzene rings is 2. The van der Waals surface area contributed by atoms with Crippen molar-refractivity contribution in [3.05, 3.63) is 70.8 Å². The number of aromatic nitrogens is 2. The predicted octanol–water partition coefficient (Wildman–Crippen LogP) is 7.22. The summed E-state index contributed by atoms with van der Waals surface area (Å²) in [5.41, 5.74) is 1.35. The molecule has 1 aromatic heterocycles. The van der Waals surface area contributed by atoms with E-state index in [4.69, 9.17) is 4.98 Å². The van der Waals surface area contributed by atoms with Crippen molar-refractivity contribution in [2.24, 2.45) is 0 Å². The standard InChI is InChI=1S/C30H41N3O2/c1-4-6-8-9-10-14-22-28(34)32(23-17-7-5-2)24(3)29-31-27-21-16-15-20-26(27)30(35)33(29)25-18-12-11-13-19-25/h11-13,15-16,18-21,24H,4-10,14,17,22-23H2,1-3H3. The highest BCUT2D eigenvalue weighted by Crippen LogP contribution is 2.24. The molecule has 0 fully saturated rings. The average molecular weight is 476 g/mol. The predicted molar refractivity (Wildman–Crippen MR) is 145 cm³/mol. The van der Waals surface area contributed by atoms with E-state index in [1.54, 1.807) is 4.57 Å². The summed E-state index contributed by atoms with van der Waals surface area (Å²) >= 11 is 0. The van der Waals surface area contributed by atoms with E-state index in [1.165, 1.54) is 25.7 Å². The van der Waals surface area contributed by atoms with Gasteiger partial charge in [-0.3, -0.25) is 14.2 Å². The molecule has 188 valence electrons. The SMILES string of the molecule is CCCCCCCCC(=O)N(CCCCC)C(C)c1nc2ccccc2c(=O)n1-c1ccccc1. The van der Waals surface area contributed by atoms with Crippen LogP contribution in [0.1, 0.15) is 96.8 Å². The molecule has 0 aliphatic rings. The molecule has 1 atom stereocenters. The first kappa shape index (κ1) is 26.7.